The number of benzene rings is 1. The Morgan fingerprint density at radius 1 is 1.32 bits per heavy atom. The summed E-state index contributed by atoms with van der Waals surface area (Å²) in [5.74, 6) is 2.23. The highest BCUT2D eigenvalue weighted by Gasteiger charge is 2.33. The number of hydrogen-bond acceptors (Lipinski definition) is 2. The number of aliphatic imine (C=N–C) groups is 1. The summed E-state index contributed by atoms with van der Waals surface area (Å²) in [4.78, 5) is 19.0. The van der Waals surface area contributed by atoms with Crippen LogP contribution in [0.2, 0.25) is 0 Å². The third-order valence-electron chi connectivity index (χ3n) is 5.09. The van der Waals surface area contributed by atoms with Gasteiger partial charge in [-0.15, -0.1) is 0 Å². The van der Waals surface area contributed by atoms with Gasteiger partial charge in [0.15, 0.2) is 5.96 Å². The quantitative estimate of drug-likeness (QED) is 0.589. The summed E-state index contributed by atoms with van der Waals surface area (Å²) < 4.78 is 0. The summed E-state index contributed by atoms with van der Waals surface area (Å²) in [5.41, 5.74) is 1.29. The fourth-order valence-corrected chi connectivity index (χ4v) is 3.34. The van der Waals surface area contributed by atoms with E-state index < -0.39 is 0 Å². The number of rotatable bonds is 7. The number of hydrogen-bond donors (Lipinski definition) is 2. The Hall–Kier alpha value is -2.04. The first-order valence-corrected chi connectivity index (χ1v) is 9.52. The minimum absolute atomic E-state index is 0.268. The first-order chi connectivity index (χ1) is 12.2. The number of carbonyl (C=O) groups excluding carboxylic acids is 1. The maximum Gasteiger partial charge on any atom is 0.223 e. The first kappa shape index (κ1) is 17.8. The third-order valence-corrected chi connectivity index (χ3v) is 5.09. The molecule has 3 rings (SSSR count). The summed E-state index contributed by atoms with van der Waals surface area (Å²) in [6.45, 7) is 7.54. The van der Waals surface area contributed by atoms with Gasteiger partial charge in [-0.1, -0.05) is 37.3 Å². The van der Waals surface area contributed by atoms with E-state index in [0.29, 0.717) is 24.9 Å². The third kappa shape index (κ3) is 5.21. The monoisotopic (exact) mass is 342 g/mol. The van der Waals surface area contributed by atoms with E-state index in [-0.39, 0.29) is 5.91 Å². The second-order valence-corrected chi connectivity index (χ2v) is 7.33. The van der Waals surface area contributed by atoms with Crippen molar-refractivity contribution in [2.75, 3.05) is 26.2 Å². The molecule has 2 fully saturated rings. The molecule has 2 aliphatic rings. The summed E-state index contributed by atoms with van der Waals surface area (Å²) in [7, 11) is 0. The molecule has 136 valence electrons. The van der Waals surface area contributed by atoms with Gasteiger partial charge in [0.2, 0.25) is 5.91 Å². The lowest BCUT2D eigenvalue weighted by Crippen LogP contribution is -2.39. The van der Waals surface area contributed by atoms with Gasteiger partial charge >= 0.3 is 0 Å². The van der Waals surface area contributed by atoms with E-state index in [1.54, 1.807) is 0 Å². The van der Waals surface area contributed by atoms with Crippen LogP contribution < -0.4 is 10.6 Å². The predicted octanol–water partition coefficient (Wildman–Crippen LogP) is 2.04. The highest BCUT2D eigenvalue weighted by molar-refractivity contribution is 5.81. The second-order valence-electron chi connectivity index (χ2n) is 7.33. The van der Waals surface area contributed by atoms with Gasteiger partial charge in [0.1, 0.15) is 0 Å². The lowest BCUT2D eigenvalue weighted by Gasteiger charge is -2.16. The van der Waals surface area contributed by atoms with Crippen LogP contribution >= 0.6 is 0 Å². The maximum absolute atomic E-state index is 12.3. The van der Waals surface area contributed by atoms with Gasteiger partial charge in [-0.25, -0.2) is 0 Å². The number of carbonyl (C=O) groups is 1. The zero-order chi connectivity index (χ0) is 17.6. The van der Waals surface area contributed by atoms with E-state index in [2.05, 4.69) is 48.7 Å². The van der Waals surface area contributed by atoms with Crippen molar-refractivity contribution in [3.63, 3.8) is 0 Å². The van der Waals surface area contributed by atoms with Crippen molar-refractivity contribution < 1.29 is 4.79 Å². The molecule has 1 aliphatic carbocycles. The fourth-order valence-electron chi connectivity index (χ4n) is 3.34. The highest BCUT2D eigenvalue weighted by atomic mass is 16.2. The lowest BCUT2D eigenvalue weighted by atomic mass is 10.1. The predicted molar refractivity (Wildman–Crippen MR) is 102 cm³/mol. The molecule has 3 unspecified atom stereocenters. The first-order valence-electron chi connectivity index (χ1n) is 9.52. The molecule has 1 saturated heterocycles. The van der Waals surface area contributed by atoms with Crippen molar-refractivity contribution in [3.8, 4) is 0 Å². The minimum atomic E-state index is 0.268. The molecule has 1 aromatic carbocycles. The SMILES string of the molecule is CCNC(=NCC1CC(=O)N(CCc2ccccc2)C1)NC1CC1C. The number of amides is 1. The van der Waals surface area contributed by atoms with Crippen molar-refractivity contribution in [1.29, 1.82) is 0 Å². The molecule has 0 spiro atoms. The minimum Gasteiger partial charge on any atom is -0.357 e. The molecule has 25 heavy (non-hydrogen) atoms. The summed E-state index contributed by atoms with van der Waals surface area (Å²) >= 11 is 0. The van der Waals surface area contributed by atoms with Crippen LogP contribution in [0.3, 0.4) is 0 Å². The average molecular weight is 342 g/mol. The Morgan fingerprint density at radius 3 is 2.76 bits per heavy atom. The topological polar surface area (TPSA) is 56.7 Å². The molecular formula is C20H30N4O. The van der Waals surface area contributed by atoms with Gasteiger partial charge < -0.3 is 15.5 Å². The van der Waals surface area contributed by atoms with Crippen molar-refractivity contribution in [2.24, 2.45) is 16.8 Å². The fraction of sp³-hybridized carbons (Fsp3) is 0.600. The smallest absolute Gasteiger partial charge is 0.223 e. The van der Waals surface area contributed by atoms with Crippen LogP contribution in [0.4, 0.5) is 0 Å². The van der Waals surface area contributed by atoms with Crippen LogP contribution in [0, 0.1) is 11.8 Å². The molecule has 1 amide bonds. The van der Waals surface area contributed by atoms with Gasteiger partial charge in [-0.05, 0) is 31.2 Å². The van der Waals surface area contributed by atoms with Crippen LogP contribution in [0.25, 0.3) is 0 Å². The zero-order valence-corrected chi connectivity index (χ0v) is 15.4. The Morgan fingerprint density at radius 2 is 2.08 bits per heavy atom. The standard InChI is InChI=1S/C20H30N4O/c1-3-21-20(23-18-11-15(18)2)22-13-17-12-19(25)24(14-17)10-9-16-7-5-4-6-8-16/h4-8,15,17-18H,3,9-14H2,1-2H3,(H2,21,22,23). The molecule has 1 heterocycles. The largest absolute Gasteiger partial charge is 0.357 e. The molecule has 5 nitrogen and oxygen atoms in total. The maximum atomic E-state index is 12.3. The van der Waals surface area contributed by atoms with Crippen molar-refractivity contribution in [1.82, 2.24) is 15.5 Å². The van der Waals surface area contributed by atoms with E-state index in [0.717, 1.165) is 37.9 Å². The average Bonchev–Trinajstić information content (AvgIpc) is 3.18. The molecular weight excluding hydrogens is 312 g/mol. The van der Waals surface area contributed by atoms with Gasteiger partial charge in [0, 0.05) is 44.6 Å². The molecule has 0 bridgehead atoms. The number of nitrogens with zero attached hydrogens (tertiary/aromatic N) is 2. The Labute approximate surface area is 150 Å². The Kier molecular flexibility index (Phi) is 5.95. The van der Waals surface area contributed by atoms with Crippen LogP contribution in [-0.2, 0) is 11.2 Å². The van der Waals surface area contributed by atoms with Crippen molar-refractivity contribution >= 4 is 11.9 Å². The number of likely N-dealkylation sites (tertiary alicyclic amines) is 1. The highest BCUT2D eigenvalue weighted by Crippen LogP contribution is 2.28. The molecule has 0 aromatic heterocycles. The van der Waals surface area contributed by atoms with Gasteiger partial charge in [-0.3, -0.25) is 9.79 Å². The van der Waals surface area contributed by atoms with E-state index >= 15 is 0 Å². The molecule has 2 N–H and O–H groups in total. The van der Waals surface area contributed by atoms with E-state index in [1.807, 2.05) is 11.0 Å². The van der Waals surface area contributed by atoms with Crippen LogP contribution in [0.15, 0.2) is 35.3 Å². The lowest BCUT2D eigenvalue weighted by molar-refractivity contribution is -0.127. The molecule has 1 aliphatic heterocycles. The molecule has 1 aromatic rings. The summed E-state index contributed by atoms with van der Waals surface area (Å²) in [5, 5.41) is 6.78. The molecule has 5 heteroatoms. The number of nitrogens with one attached hydrogen (secondary N) is 2. The Balaban J connectivity index is 1.46. The van der Waals surface area contributed by atoms with E-state index in [9.17, 15) is 4.79 Å². The van der Waals surface area contributed by atoms with Crippen molar-refractivity contribution in [3.05, 3.63) is 35.9 Å². The molecule has 0 radical (unpaired) electrons. The summed E-state index contributed by atoms with van der Waals surface area (Å²) in [6, 6.07) is 10.9. The second kappa shape index (κ2) is 8.37. The van der Waals surface area contributed by atoms with E-state index in [1.165, 1.54) is 12.0 Å². The molecule has 3 atom stereocenters. The van der Waals surface area contributed by atoms with Crippen LogP contribution in [0.1, 0.15) is 32.3 Å². The normalized spacial score (nSPS) is 26.0. The van der Waals surface area contributed by atoms with Crippen LogP contribution in [-0.4, -0.2) is 49.0 Å². The van der Waals surface area contributed by atoms with Gasteiger partial charge in [-0.2, -0.15) is 0 Å². The van der Waals surface area contributed by atoms with Crippen molar-refractivity contribution in [2.45, 2.75) is 39.2 Å². The van der Waals surface area contributed by atoms with Gasteiger partial charge in [0.05, 0.1) is 0 Å². The summed E-state index contributed by atoms with van der Waals surface area (Å²) in [6.07, 6.45) is 2.77. The van der Waals surface area contributed by atoms with Crippen LogP contribution in [0.5, 0.6) is 0 Å². The number of guanidine groups is 1. The molecule has 1 saturated carbocycles. The zero-order valence-electron chi connectivity index (χ0n) is 15.4. The Bertz CT molecular complexity index is 601. The van der Waals surface area contributed by atoms with E-state index in [4.69, 9.17) is 4.99 Å². The van der Waals surface area contributed by atoms with Gasteiger partial charge in [0.25, 0.3) is 0 Å².